The minimum absolute atomic E-state index is 0.128. The Balaban J connectivity index is 2.76. The lowest BCUT2D eigenvalue weighted by molar-refractivity contribution is -0.117. The molecule has 1 amide bonds. The quantitative estimate of drug-likeness (QED) is 0.614. The highest BCUT2D eigenvalue weighted by Crippen LogP contribution is 2.13. The van der Waals surface area contributed by atoms with Crippen molar-refractivity contribution in [1.29, 1.82) is 0 Å². The van der Waals surface area contributed by atoms with Crippen LogP contribution in [0.1, 0.15) is 5.69 Å². The maximum Gasteiger partial charge on any atom is 0.223 e. The first kappa shape index (κ1) is 7.59. The van der Waals surface area contributed by atoms with Gasteiger partial charge in [-0.15, -0.1) is 0 Å². The average molecular weight is 155 g/mol. The molecule has 1 heterocycles. The van der Waals surface area contributed by atoms with Crippen molar-refractivity contribution < 1.29 is 9.53 Å². The molecule has 5 heteroatoms. The smallest absolute Gasteiger partial charge is 0.223 e. The second-order valence-corrected chi connectivity index (χ2v) is 2.06. The van der Waals surface area contributed by atoms with Gasteiger partial charge in [0.05, 0.1) is 25.4 Å². The van der Waals surface area contributed by atoms with E-state index < -0.39 is 5.91 Å². The Kier molecular flexibility index (Phi) is 2.10. The SMILES string of the molecule is COc1cn[nH]c1CC(N)=O. The molecule has 0 saturated heterocycles. The van der Waals surface area contributed by atoms with Gasteiger partial charge in [-0.25, -0.2) is 0 Å². The van der Waals surface area contributed by atoms with Gasteiger partial charge in [-0.05, 0) is 0 Å². The number of nitrogens with one attached hydrogen (secondary N) is 1. The molecule has 0 aliphatic rings. The van der Waals surface area contributed by atoms with Gasteiger partial charge in [-0.3, -0.25) is 9.89 Å². The molecule has 0 spiro atoms. The summed E-state index contributed by atoms with van der Waals surface area (Å²) in [5.41, 5.74) is 5.58. The summed E-state index contributed by atoms with van der Waals surface area (Å²) in [7, 11) is 1.51. The van der Waals surface area contributed by atoms with Gasteiger partial charge in [0.2, 0.25) is 5.91 Å². The van der Waals surface area contributed by atoms with Crippen molar-refractivity contribution in [1.82, 2.24) is 10.2 Å². The normalized spacial score (nSPS) is 9.55. The van der Waals surface area contributed by atoms with E-state index in [0.29, 0.717) is 11.4 Å². The summed E-state index contributed by atoms with van der Waals surface area (Å²) in [6, 6.07) is 0. The number of aromatic nitrogens is 2. The van der Waals surface area contributed by atoms with Gasteiger partial charge in [0.25, 0.3) is 0 Å². The highest BCUT2D eigenvalue weighted by Gasteiger charge is 2.06. The second-order valence-electron chi connectivity index (χ2n) is 2.06. The third kappa shape index (κ3) is 1.70. The summed E-state index contributed by atoms with van der Waals surface area (Å²) >= 11 is 0. The summed E-state index contributed by atoms with van der Waals surface area (Å²) in [5.74, 6) is 0.149. The molecule has 0 aliphatic heterocycles. The van der Waals surface area contributed by atoms with Gasteiger partial charge in [0.15, 0.2) is 5.75 Å². The van der Waals surface area contributed by atoms with E-state index in [2.05, 4.69) is 10.2 Å². The molecule has 0 fully saturated rings. The Morgan fingerprint density at radius 3 is 3.18 bits per heavy atom. The highest BCUT2D eigenvalue weighted by atomic mass is 16.5. The Bertz CT molecular complexity index is 256. The summed E-state index contributed by atoms with van der Waals surface area (Å²) in [6.45, 7) is 0. The topological polar surface area (TPSA) is 81.0 Å². The molecule has 1 aromatic heterocycles. The third-order valence-corrected chi connectivity index (χ3v) is 1.25. The minimum Gasteiger partial charge on any atom is -0.493 e. The van der Waals surface area contributed by atoms with E-state index in [-0.39, 0.29) is 6.42 Å². The van der Waals surface area contributed by atoms with E-state index in [9.17, 15) is 4.79 Å². The molecule has 0 bridgehead atoms. The van der Waals surface area contributed by atoms with Crippen molar-refractivity contribution in [3.8, 4) is 5.75 Å². The fourth-order valence-corrected chi connectivity index (χ4v) is 0.779. The van der Waals surface area contributed by atoms with Crippen LogP contribution < -0.4 is 10.5 Å². The average Bonchev–Trinajstić information content (AvgIpc) is 2.34. The number of primary amides is 1. The lowest BCUT2D eigenvalue weighted by Crippen LogP contribution is -2.14. The Hall–Kier alpha value is -1.52. The second kappa shape index (κ2) is 3.05. The zero-order chi connectivity index (χ0) is 8.27. The molecular formula is C6H9N3O2. The lowest BCUT2D eigenvalue weighted by atomic mass is 10.3. The molecule has 0 radical (unpaired) electrons. The Morgan fingerprint density at radius 1 is 1.91 bits per heavy atom. The number of rotatable bonds is 3. The van der Waals surface area contributed by atoms with Crippen LogP contribution in [0.3, 0.4) is 0 Å². The van der Waals surface area contributed by atoms with Crippen LogP contribution in [0.4, 0.5) is 0 Å². The maximum atomic E-state index is 10.5. The molecular weight excluding hydrogens is 146 g/mol. The largest absolute Gasteiger partial charge is 0.493 e. The number of nitrogens with zero attached hydrogens (tertiary/aromatic N) is 1. The highest BCUT2D eigenvalue weighted by molar-refractivity contribution is 5.76. The van der Waals surface area contributed by atoms with E-state index >= 15 is 0 Å². The molecule has 5 nitrogen and oxygen atoms in total. The van der Waals surface area contributed by atoms with Crippen LogP contribution in [0.2, 0.25) is 0 Å². The number of nitrogens with two attached hydrogens (primary N) is 1. The molecule has 0 aliphatic carbocycles. The van der Waals surface area contributed by atoms with Gasteiger partial charge in [0, 0.05) is 0 Å². The van der Waals surface area contributed by atoms with E-state index in [0.717, 1.165) is 0 Å². The van der Waals surface area contributed by atoms with Crippen molar-refractivity contribution in [2.24, 2.45) is 5.73 Å². The standard InChI is InChI=1S/C6H9N3O2/c1-11-5-3-8-9-4(5)2-6(7)10/h3H,2H2,1H3,(H2,7,10)(H,8,9). The summed E-state index contributed by atoms with van der Waals surface area (Å²) in [5, 5.41) is 6.30. The van der Waals surface area contributed by atoms with Crippen molar-refractivity contribution in [3.63, 3.8) is 0 Å². The molecule has 1 rings (SSSR count). The predicted octanol–water partition coefficient (Wildman–Crippen LogP) is -0.554. The molecule has 0 atom stereocenters. The number of carbonyl (C=O) groups excluding carboxylic acids is 1. The number of ether oxygens (including phenoxy) is 1. The minimum atomic E-state index is -0.410. The maximum absolute atomic E-state index is 10.5. The van der Waals surface area contributed by atoms with Crippen LogP contribution >= 0.6 is 0 Å². The van der Waals surface area contributed by atoms with Crippen molar-refractivity contribution in [2.75, 3.05) is 7.11 Å². The van der Waals surface area contributed by atoms with Crippen molar-refractivity contribution in [2.45, 2.75) is 6.42 Å². The first-order valence-electron chi connectivity index (χ1n) is 3.08. The van der Waals surface area contributed by atoms with Gasteiger partial charge in [-0.1, -0.05) is 0 Å². The molecule has 11 heavy (non-hydrogen) atoms. The molecule has 0 unspecified atom stereocenters. The van der Waals surface area contributed by atoms with Crippen molar-refractivity contribution in [3.05, 3.63) is 11.9 Å². The monoisotopic (exact) mass is 155 g/mol. The first-order valence-corrected chi connectivity index (χ1v) is 3.08. The zero-order valence-electron chi connectivity index (χ0n) is 6.13. The Labute approximate surface area is 63.5 Å². The van der Waals surface area contributed by atoms with Gasteiger partial charge < -0.3 is 10.5 Å². The van der Waals surface area contributed by atoms with E-state index in [4.69, 9.17) is 10.5 Å². The van der Waals surface area contributed by atoms with E-state index in [1.807, 2.05) is 0 Å². The number of H-pyrrole nitrogens is 1. The van der Waals surface area contributed by atoms with Crippen LogP contribution in [0.25, 0.3) is 0 Å². The third-order valence-electron chi connectivity index (χ3n) is 1.25. The molecule has 0 saturated carbocycles. The van der Waals surface area contributed by atoms with Crippen LogP contribution in [-0.4, -0.2) is 23.2 Å². The van der Waals surface area contributed by atoms with Crippen LogP contribution in [0.15, 0.2) is 6.20 Å². The summed E-state index contributed by atoms with van der Waals surface area (Å²) < 4.78 is 4.88. The lowest BCUT2D eigenvalue weighted by Gasteiger charge is -1.96. The fraction of sp³-hybridized carbons (Fsp3) is 0.333. The number of methoxy groups -OCH3 is 1. The van der Waals surface area contributed by atoms with Gasteiger partial charge in [-0.2, -0.15) is 5.10 Å². The molecule has 3 N–H and O–H groups in total. The fourth-order valence-electron chi connectivity index (χ4n) is 0.779. The number of carbonyl (C=O) groups is 1. The summed E-state index contributed by atoms with van der Waals surface area (Å²) in [4.78, 5) is 10.5. The molecule has 1 aromatic rings. The van der Waals surface area contributed by atoms with Crippen molar-refractivity contribution >= 4 is 5.91 Å². The number of aromatic amines is 1. The van der Waals surface area contributed by atoms with Gasteiger partial charge in [0.1, 0.15) is 0 Å². The number of hydrogen-bond acceptors (Lipinski definition) is 3. The van der Waals surface area contributed by atoms with E-state index in [1.54, 1.807) is 0 Å². The van der Waals surface area contributed by atoms with Crippen LogP contribution in [0.5, 0.6) is 5.75 Å². The molecule has 60 valence electrons. The molecule has 0 aromatic carbocycles. The summed E-state index contributed by atoms with van der Waals surface area (Å²) in [6.07, 6.45) is 1.63. The Morgan fingerprint density at radius 2 is 2.64 bits per heavy atom. The number of amides is 1. The van der Waals surface area contributed by atoms with E-state index in [1.165, 1.54) is 13.3 Å². The predicted molar refractivity (Wildman–Crippen MR) is 38.0 cm³/mol. The zero-order valence-corrected chi connectivity index (χ0v) is 6.13. The number of hydrogen-bond donors (Lipinski definition) is 2. The van der Waals surface area contributed by atoms with Crippen LogP contribution in [-0.2, 0) is 11.2 Å². The van der Waals surface area contributed by atoms with Crippen LogP contribution in [0, 0.1) is 0 Å². The first-order chi connectivity index (χ1) is 5.24. The van der Waals surface area contributed by atoms with Gasteiger partial charge >= 0.3 is 0 Å².